The molecule has 2 aliphatic heterocycles. The van der Waals surface area contributed by atoms with Crippen LogP contribution in [0.15, 0.2) is 16.4 Å². The minimum atomic E-state index is -2.64. The molecule has 0 bridgehead atoms. The molecule has 1 saturated heterocycles. The van der Waals surface area contributed by atoms with Crippen molar-refractivity contribution in [2.24, 2.45) is 0 Å². The van der Waals surface area contributed by atoms with Crippen LogP contribution >= 0.6 is 23.5 Å². The van der Waals surface area contributed by atoms with E-state index in [2.05, 4.69) is 25.9 Å². The second kappa shape index (κ2) is 13.8. The topological polar surface area (TPSA) is 111 Å². The molecule has 0 spiro atoms. The molecule has 2 aliphatic rings. The van der Waals surface area contributed by atoms with E-state index in [1.165, 1.54) is 16.7 Å². The van der Waals surface area contributed by atoms with Crippen LogP contribution in [0.3, 0.4) is 0 Å². The number of ether oxygens (including phenoxy) is 1. The Morgan fingerprint density at radius 1 is 1.46 bits per heavy atom. The van der Waals surface area contributed by atoms with Crippen LogP contribution in [0.4, 0.5) is 8.78 Å². The third kappa shape index (κ3) is 7.26. The number of allylic oxidation sites excluding steroid dienone is 1. The fourth-order valence-corrected chi connectivity index (χ4v) is 3.41. The van der Waals surface area contributed by atoms with E-state index in [1.54, 1.807) is 6.92 Å². The first-order valence-corrected chi connectivity index (χ1v) is 9.02. The van der Waals surface area contributed by atoms with Crippen LogP contribution in [0.1, 0.15) is 6.92 Å². The Kier molecular flexibility index (Phi) is 14.5. The average molecular weight is 657 g/mol. The predicted molar refractivity (Wildman–Crippen MR) is 83.0 cm³/mol. The number of nitrogens with zero attached hydrogens (tertiary/aromatic N) is 5. The number of hydrogen-bond acceptors (Lipinski definition) is 8. The molecule has 1 fully saturated rings. The maximum Gasteiger partial charge on any atom is 0.285 e. The SMILES string of the molecule is CC1=C(CSc2nnn[n-]2)COC2[C-](NC(=O)CSC(F)F)C(=O)N12.[Y].[Y].[Y]. The number of carbonyl (C=O) groups is 2. The third-order valence-corrected chi connectivity index (χ3v) is 5.10. The smallest absolute Gasteiger partial charge is 0.285 e. The van der Waals surface area contributed by atoms with E-state index >= 15 is 0 Å². The Labute approximate surface area is 243 Å². The maximum absolute atomic E-state index is 12.2. The van der Waals surface area contributed by atoms with E-state index < -0.39 is 29.6 Å². The van der Waals surface area contributed by atoms with Crippen LogP contribution < -0.4 is 10.4 Å². The molecule has 0 saturated carbocycles. The standard InChI is InChI=1S/C12H13F2N6O3S2.3Y/c1-5-6(3-25-12-16-18-19-17-12)2-23-10-8(9(22)20(5)10)15-7(21)4-24-11(13)14;;;/h10-11H,2-4H2,1H3,(H2,15,16,17,18,19,21);;;/q-1;;;/p-1. The Bertz CT molecular complexity index is 700. The van der Waals surface area contributed by atoms with Crippen LogP contribution in [-0.2, 0) is 112 Å². The molecule has 3 radical (unpaired) electrons. The number of nitrogens with one attached hydrogen (secondary N) is 1. The van der Waals surface area contributed by atoms with Crippen molar-refractivity contribution in [2.45, 2.75) is 24.1 Å². The number of halogens is 2. The number of carbonyl (C=O) groups excluding carboxylic acids is 2. The van der Waals surface area contributed by atoms with Crippen molar-refractivity contribution < 1.29 is 121 Å². The Morgan fingerprint density at radius 2 is 2.18 bits per heavy atom. The molecular formula is C12H12F2N6O3S2Y3-2. The van der Waals surface area contributed by atoms with Gasteiger partial charge in [-0.2, -0.15) is 20.0 Å². The maximum atomic E-state index is 12.2. The molecule has 3 rings (SSSR count). The van der Waals surface area contributed by atoms with E-state index in [-0.39, 0.29) is 123 Å². The summed E-state index contributed by atoms with van der Waals surface area (Å²) in [6.07, 6.45) is -0.694. The van der Waals surface area contributed by atoms with Gasteiger partial charge in [0, 0.05) is 110 Å². The molecule has 1 aromatic heterocycles. The monoisotopic (exact) mass is 657 g/mol. The summed E-state index contributed by atoms with van der Waals surface area (Å²) in [7, 11) is 0. The van der Waals surface area contributed by atoms with Crippen LogP contribution in [-0.4, -0.2) is 62.3 Å². The van der Waals surface area contributed by atoms with Gasteiger partial charge >= 0.3 is 0 Å². The molecule has 28 heavy (non-hydrogen) atoms. The average Bonchev–Trinajstić information content (AvgIpc) is 3.09. The fraction of sp³-hybridized carbons (Fsp3) is 0.500. The van der Waals surface area contributed by atoms with E-state index in [9.17, 15) is 18.4 Å². The zero-order valence-electron chi connectivity index (χ0n) is 14.5. The van der Waals surface area contributed by atoms with Gasteiger partial charge in [0.15, 0.2) is 0 Å². The minimum absolute atomic E-state index is 0. The van der Waals surface area contributed by atoms with Gasteiger partial charge in [-0.1, -0.05) is 11.8 Å². The molecule has 3 heterocycles. The van der Waals surface area contributed by atoms with Gasteiger partial charge in [0.2, 0.25) is 5.91 Å². The molecule has 1 atom stereocenters. The molecule has 1 unspecified atom stereocenters. The van der Waals surface area contributed by atoms with E-state index in [4.69, 9.17) is 4.74 Å². The number of amides is 2. The molecule has 16 heteroatoms. The van der Waals surface area contributed by atoms with Gasteiger partial charge in [-0.3, -0.25) is 15.1 Å². The normalized spacial score (nSPS) is 17.9. The number of fused-ring (bicyclic) bond motifs is 1. The summed E-state index contributed by atoms with van der Waals surface area (Å²) in [5.41, 5.74) is 1.60. The van der Waals surface area contributed by atoms with E-state index in [0.717, 1.165) is 11.3 Å². The summed E-state index contributed by atoms with van der Waals surface area (Å²) in [5, 5.41) is 16.9. The number of aromatic nitrogens is 4. The molecule has 1 aromatic rings. The van der Waals surface area contributed by atoms with Crippen LogP contribution in [0.25, 0.3) is 0 Å². The number of hydrogen-bond donors (Lipinski definition) is 1. The summed E-state index contributed by atoms with van der Waals surface area (Å²) < 4.78 is 29.8. The minimum Gasteiger partial charge on any atom is -0.474 e. The molecule has 9 nitrogen and oxygen atoms in total. The Balaban J connectivity index is 0.00000243. The van der Waals surface area contributed by atoms with E-state index in [0.29, 0.717) is 10.9 Å². The Morgan fingerprint density at radius 3 is 2.79 bits per heavy atom. The van der Waals surface area contributed by atoms with Crippen molar-refractivity contribution in [2.75, 3.05) is 18.1 Å². The van der Waals surface area contributed by atoms with Crippen LogP contribution in [0.5, 0.6) is 0 Å². The molecule has 2 amide bonds. The second-order valence-electron chi connectivity index (χ2n) is 5.01. The van der Waals surface area contributed by atoms with Crippen LogP contribution in [0.2, 0.25) is 0 Å². The van der Waals surface area contributed by atoms with Crippen LogP contribution in [0, 0.1) is 6.04 Å². The molecular weight excluding hydrogens is 645 g/mol. The molecule has 0 aliphatic carbocycles. The van der Waals surface area contributed by atoms with E-state index in [1.807, 2.05) is 0 Å². The number of rotatable bonds is 7. The summed E-state index contributed by atoms with van der Waals surface area (Å²) in [6, 6.07) is 0.0682. The first kappa shape index (κ1) is 29.5. The predicted octanol–water partition coefficient (Wildman–Crippen LogP) is -0.0101. The third-order valence-electron chi connectivity index (χ3n) is 3.51. The molecule has 145 valence electrons. The Hall–Kier alpha value is 1.45. The second-order valence-corrected chi connectivity index (χ2v) is 6.93. The van der Waals surface area contributed by atoms with Crippen molar-refractivity contribution in [1.82, 2.24) is 30.8 Å². The van der Waals surface area contributed by atoms with Gasteiger partial charge in [0.25, 0.3) is 5.76 Å². The quantitative estimate of drug-likeness (QED) is 0.246. The first-order chi connectivity index (χ1) is 12.0. The zero-order chi connectivity index (χ0) is 18.0. The van der Waals surface area contributed by atoms with Crippen molar-refractivity contribution in [3.63, 3.8) is 0 Å². The summed E-state index contributed by atoms with van der Waals surface area (Å²) >= 11 is 1.51. The van der Waals surface area contributed by atoms with Gasteiger partial charge in [-0.25, -0.2) is 0 Å². The van der Waals surface area contributed by atoms with Gasteiger partial charge < -0.3 is 24.8 Å². The summed E-state index contributed by atoms with van der Waals surface area (Å²) in [5.74, 6) is -3.64. The molecule has 1 N–H and O–H groups in total. The largest absolute Gasteiger partial charge is 0.474 e. The summed E-state index contributed by atoms with van der Waals surface area (Å²) in [4.78, 5) is 25.2. The van der Waals surface area contributed by atoms with Crippen molar-refractivity contribution >= 4 is 35.3 Å². The first-order valence-electron chi connectivity index (χ1n) is 6.99. The van der Waals surface area contributed by atoms with Gasteiger partial charge in [0.1, 0.15) is 5.91 Å². The van der Waals surface area contributed by atoms with Gasteiger partial charge in [0.05, 0.1) is 23.7 Å². The number of alkyl halides is 2. The zero-order valence-corrected chi connectivity index (χ0v) is 24.7. The summed E-state index contributed by atoms with van der Waals surface area (Å²) in [6.45, 7) is 2.04. The van der Waals surface area contributed by atoms with Crippen molar-refractivity contribution in [3.8, 4) is 0 Å². The van der Waals surface area contributed by atoms with Crippen molar-refractivity contribution in [3.05, 3.63) is 17.3 Å². The number of β-lactam (4-membered cyclic amide) rings is 1. The fourth-order valence-electron chi connectivity index (χ4n) is 2.28. The number of thioether (sulfide) groups is 2. The van der Waals surface area contributed by atoms with Gasteiger partial charge in [-0.05, 0) is 12.5 Å². The van der Waals surface area contributed by atoms with Crippen molar-refractivity contribution in [1.29, 1.82) is 0 Å². The molecule has 0 aromatic carbocycles. The number of tetrazole rings is 1. The van der Waals surface area contributed by atoms with Gasteiger partial charge in [-0.15, -0.1) is 11.8 Å².